The molecule has 2 amide bonds. The van der Waals surface area contributed by atoms with Gasteiger partial charge in [0.05, 0.1) is 11.5 Å². The Kier molecular flexibility index (Phi) is 10.1. The van der Waals surface area contributed by atoms with Crippen LogP contribution in [0.3, 0.4) is 0 Å². The van der Waals surface area contributed by atoms with Crippen LogP contribution in [0.2, 0.25) is 10.0 Å². The predicted molar refractivity (Wildman–Crippen MR) is 148 cm³/mol. The summed E-state index contributed by atoms with van der Waals surface area (Å²) in [6, 6.07) is 7.49. The van der Waals surface area contributed by atoms with Gasteiger partial charge in [-0.2, -0.15) is 13.2 Å². The first kappa shape index (κ1) is 30.0. The molecule has 6 nitrogen and oxygen atoms in total. The molecule has 2 saturated heterocycles. The van der Waals surface area contributed by atoms with Gasteiger partial charge in [-0.15, -0.1) is 11.8 Å². The Morgan fingerprint density at radius 1 is 1.13 bits per heavy atom. The van der Waals surface area contributed by atoms with Crippen LogP contribution in [0.15, 0.2) is 35.2 Å². The number of alkyl halides is 3. The van der Waals surface area contributed by atoms with Gasteiger partial charge in [-0.25, -0.2) is 0 Å². The Balaban J connectivity index is 1.45. The smallest absolute Gasteiger partial charge is 0.348 e. The van der Waals surface area contributed by atoms with Gasteiger partial charge in [0.2, 0.25) is 5.91 Å². The monoisotopic (exact) mass is 602 g/mol. The molecule has 0 aromatic heterocycles. The fourth-order valence-electron chi connectivity index (χ4n) is 4.91. The normalized spacial score (nSPS) is 18.4. The number of halogens is 5. The van der Waals surface area contributed by atoms with E-state index < -0.39 is 17.6 Å². The molecular formula is C27H31Cl2F3N4O2S. The molecular weight excluding hydrogens is 572 g/mol. The Morgan fingerprint density at radius 2 is 1.87 bits per heavy atom. The van der Waals surface area contributed by atoms with Gasteiger partial charge >= 0.3 is 6.18 Å². The molecule has 2 heterocycles. The molecule has 0 spiro atoms. The van der Waals surface area contributed by atoms with Crippen molar-refractivity contribution >= 4 is 46.8 Å². The maximum Gasteiger partial charge on any atom is 0.416 e. The van der Waals surface area contributed by atoms with E-state index in [0.29, 0.717) is 37.7 Å². The minimum Gasteiger partial charge on any atom is -0.348 e. The molecule has 2 aromatic rings. The topological polar surface area (TPSA) is 64.7 Å². The van der Waals surface area contributed by atoms with Crippen LogP contribution >= 0.6 is 35.0 Å². The van der Waals surface area contributed by atoms with Crippen molar-refractivity contribution in [1.82, 2.24) is 20.4 Å². The third-order valence-corrected chi connectivity index (χ3v) is 8.57. The number of hydrogen-bond donors (Lipinski definition) is 2. The summed E-state index contributed by atoms with van der Waals surface area (Å²) in [7, 11) is 0. The number of nitrogens with zero attached hydrogens (tertiary/aromatic N) is 2. The second-order valence-corrected chi connectivity index (χ2v) is 11.8. The maximum absolute atomic E-state index is 14.1. The van der Waals surface area contributed by atoms with Gasteiger partial charge in [-0.05, 0) is 60.2 Å². The average molecular weight is 604 g/mol. The highest BCUT2D eigenvalue weighted by Crippen LogP contribution is 2.37. The summed E-state index contributed by atoms with van der Waals surface area (Å²) in [6.07, 6.45) is -3.89. The summed E-state index contributed by atoms with van der Waals surface area (Å²) in [5.41, 5.74) is -0.385. The predicted octanol–water partition coefficient (Wildman–Crippen LogP) is 5.31. The van der Waals surface area contributed by atoms with Gasteiger partial charge in [0.1, 0.15) is 0 Å². The van der Waals surface area contributed by atoms with E-state index in [1.54, 1.807) is 28.8 Å². The molecule has 2 N–H and O–H groups in total. The second kappa shape index (κ2) is 13.1. The molecule has 39 heavy (non-hydrogen) atoms. The van der Waals surface area contributed by atoms with Crippen molar-refractivity contribution in [2.24, 2.45) is 5.92 Å². The zero-order valence-corrected chi connectivity index (χ0v) is 23.9. The minimum atomic E-state index is -4.69. The first-order chi connectivity index (χ1) is 18.6. The molecule has 1 atom stereocenters. The molecule has 2 fully saturated rings. The summed E-state index contributed by atoms with van der Waals surface area (Å²) in [4.78, 5) is 30.1. The van der Waals surface area contributed by atoms with E-state index in [1.807, 2.05) is 17.9 Å². The Hall–Kier alpha value is -1.98. The van der Waals surface area contributed by atoms with Crippen molar-refractivity contribution in [1.29, 1.82) is 0 Å². The van der Waals surface area contributed by atoms with Gasteiger partial charge in [-0.3, -0.25) is 14.5 Å². The molecule has 0 aliphatic carbocycles. The minimum absolute atomic E-state index is 0.0251. The van der Waals surface area contributed by atoms with E-state index in [1.165, 1.54) is 6.07 Å². The van der Waals surface area contributed by atoms with E-state index in [0.717, 1.165) is 35.2 Å². The average Bonchev–Trinajstić information content (AvgIpc) is 3.44. The lowest BCUT2D eigenvalue weighted by atomic mass is 10.0. The number of amides is 2. The Bertz CT molecular complexity index is 1200. The summed E-state index contributed by atoms with van der Waals surface area (Å²) in [5.74, 6) is 0.229. The standard InChI is InChI=1S/C27H31Cl2F3N4O2S/c1-2-39-24-4-3-20(28)11-19(24)15-34-25(37)18-12-22(27(30,31)32)21(23(29)13-18)16-35-7-9-36(10-8-35)26(38)17-5-6-33-14-17/h3-4,11-13,17,33H,2,5-10,14-16H2,1H3,(H,34,37). The number of thioether (sulfide) groups is 1. The molecule has 1 unspecified atom stereocenters. The zero-order valence-electron chi connectivity index (χ0n) is 21.5. The number of carbonyl (C=O) groups is 2. The van der Waals surface area contributed by atoms with Crippen LogP contribution in [-0.2, 0) is 24.1 Å². The first-order valence-electron chi connectivity index (χ1n) is 12.9. The van der Waals surface area contributed by atoms with Gasteiger partial charge in [0.25, 0.3) is 5.91 Å². The quantitative estimate of drug-likeness (QED) is 0.401. The van der Waals surface area contributed by atoms with Gasteiger partial charge in [-0.1, -0.05) is 30.1 Å². The van der Waals surface area contributed by atoms with Crippen molar-refractivity contribution < 1.29 is 22.8 Å². The number of rotatable bonds is 8. The van der Waals surface area contributed by atoms with E-state index in [9.17, 15) is 22.8 Å². The molecule has 0 radical (unpaired) electrons. The van der Waals surface area contributed by atoms with Crippen molar-refractivity contribution in [3.8, 4) is 0 Å². The van der Waals surface area contributed by atoms with Gasteiger partial charge < -0.3 is 15.5 Å². The van der Waals surface area contributed by atoms with Crippen LogP contribution in [0.5, 0.6) is 0 Å². The molecule has 12 heteroatoms. The summed E-state index contributed by atoms with van der Waals surface area (Å²) in [5, 5.41) is 6.27. The van der Waals surface area contributed by atoms with Gasteiger partial charge in [0.15, 0.2) is 0 Å². The maximum atomic E-state index is 14.1. The van der Waals surface area contributed by atoms with E-state index in [4.69, 9.17) is 23.2 Å². The van der Waals surface area contributed by atoms with Crippen LogP contribution in [-0.4, -0.2) is 66.6 Å². The Morgan fingerprint density at radius 3 is 2.51 bits per heavy atom. The summed E-state index contributed by atoms with van der Waals surface area (Å²) >= 11 is 14.1. The van der Waals surface area contributed by atoms with Crippen LogP contribution in [0.4, 0.5) is 13.2 Å². The molecule has 4 rings (SSSR count). The second-order valence-electron chi connectivity index (χ2n) is 9.64. The van der Waals surface area contributed by atoms with Crippen LogP contribution in [0.25, 0.3) is 0 Å². The van der Waals surface area contributed by atoms with Gasteiger partial charge in [0, 0.05) is 66.3 Å². The van der Waals surface area contributed by atoms with Crippen LogP contribution < -0.4 is 10.6 Å². The van der Waals surface area contributed by atoms with E-state index in [-0.39, 0.29) is 41.1 Å². The molecule has 2 aromatic carbocycles. The number of piperazine rings is 1. The lowest BCUT2D eigenvalue weighted by molar-refractivity contribution is -0.138. The van der Waals surface area contributed by atoms with E-state index in [2.05, 4.69) is 10.6 Å². The van der Waals surface area contributed by atoms with Crippen molar-refractivity contribution in [3.05, 3.63) is 62.6 Å². The highest BCUT2D eigenvalue weighted by molar-refractivity contribution is 7.99. The third kappa shape index (κ3) is 7.61. The van der Waals surface area contributed by atoms with Crippen LogP contribution in [0.1, 0.15) is 40.4 Å². The number of nitrogens with one attached hydrogen (secondary N) is 2. The fourth-order valence-corrected chi connectivity index (χ4v) is 6.18. The fraction of sp³-hybridized carbons (Fsp3) is 0.481. The molecule has 2 aliphatic rings. The molecule has 0 saturated carbocycles. The van der Waals surface area contributed by atoms with Crippen molar-refractivity contribution in [2.75, 3.05) is 45.0 Å². The largest absolute Gasteiger partial charge is 0.416 e. The van der Waals surface area contributed by atoms with Crippen molar-refractivity contribution in [3.63, 3.8) is 0 Å². The van der Waals surface area contributed by atoms with E-state index >= 15 is 0 Å². The number of hydrogen-bond acceptors (Lipinski definition) is 5. The lowest BCUT2D eigenvalue weighted by Crippen LogP contribution is -2.50. The summed E-state index contributed by atoms with van der Waals surface area (Å²) in [6.45, 7) is 5.37. The lowest BCUT2D eigenvalue weighted by Gasteiger charge is -2.36. The molecule has 212 valence electrons. The SMILES string of the molecule is CCSc1ccc(Cl)cc1CNC(=O)c1cc(Cl)c(CN2CCN(C(=O)C3CCNC3)CC2)c(C(F)(F)F)c1. The molecule has 2 aliphatic heterocycles. The Labute approximate surface area is 240 Å². The highest BCUT2D eigenvalue weighted by atomic mass is 35.5. The number of carbonyl (C=O) groups excluding carboxylic acids is 2. The van der Waals surface area contributed by atoms with Crippen LogP contribution in [0, 0.1) is 5.92 Å². The highest BCUT2D eigenvalue weighted by Gasteiger charge is 2.36. The summed E-state index contributed by atoms with van der Waals surface area (Å²) < 4.78 is 42.3. The van der Waals surface area contributed by atoms with Crippen molar-refractivity contribution in [2.45, 2.75) is 37.5 Å². The third-order valence-electron chi connectivity index (χ3n) is 7.00. The number of benzene rings is 2. The zero-order chi connectivity index (χ0) is 28.2. The first-order valence-corrected chi connectivity index (χ1v) is 14.6. The molecule has 0 bridgehead atoms.